The Bertz CT molecular complexity index is 686. The van der Waals surface area contributed by atoms with Crippen molar-refractivity contribution in [2.75, 3.05) is 26.8 Å². The molecule has 148 valence electrons. The van der Waals surface area contributed by atoms with Crippen molar-refractivity contribution in [2.45, 2.75) is 38.5 Å². The number of hydrogen-bond acceptors (Lipinski definition) is 3. The summed E-state index contributed by atoms with van der Waals surface area (Å²) in [4.78, 5) is 2.25. The largest absolute Gasteiger partial charge is 0.392 e. The SMILES string of the molecule is C=CCC[C@@H](O)CN(CCCOC)Cc1cccn1Cc1cccc(F)c1. The number of rotatable bonds is 13. The first-order valence-electron chi connectivity index (χ1n) is 9.51. The van der Waals surface area contributed by atoms with Crippen LogP contribution in [0.1, 0.15) is 30.5 Å². The molecule has 0 fully saturated rings. The summed E-state index contributed by atoms with van der Waals surface area (Å²) < 4.78 is 20.8. The maximum atomic E-state index is 13.5. The summed E-state index contributed by atoms with van der Waals surface area (Å²) in [5.41, 5.74) is 2.08. The predicted octanol–water partition coefficient (Wildman–Crippen LogP) is 3.84. The molecule has 0 radical (unpaired) electrons. The van der Waals surface area contributed by atoms with Gasteiger partial charge in [0.05, 0.1) is 6.10 Å². The molecule has 2 aromatic rings. The minimum atomic E-state index is -0.378. The van der Waals surface area contributed by atoms with Crippen LogP contribution in [0.15, 0.2) is 55.3 Å². The first kappa shape index (κ1) is 21.4. The molecule has 1 N–H and O–H groups in total. The second kappa shape index (κ2) is 11.7. The number of nitrogens with zero attached hydrogens (tertiary/aromatic N) is 2. The Morgan fingerprint density at radius 2 is 2.19 bits per heavy atom. The van der Waals surface area contributed by atoms with Crippen molar-refractivity contribution in [3.05, 3.63) is 72.3 Å². The number of allylic oxidation sites excluding steroid dienone is 1. The highest BCUT2D eigenvalue weighted by Crippen LogP contribution is 2.13. The van der Waals surface area contributed by atoms with E-state index in [1.165, 1.54) is 6.07 Å². The van der Waals surface area contributed by atoms with Crippen molar-refractivity contribution in [3.8, 4) is 0 Å². The van der Waals surface area contributed by atoms with E-state index in [9.17, 15) is 9.50 Å². The maximum Gasteiger partial charge on any atom is 0.123 e. The number of methoxy groups -OCH3 is 1. The van der Waals surface area contributed by atoms with Gasteiger partial charge in [0, 0.05) is 51.8 Å². The lowest BCUT2D eigenvalue weighted by atomic mass is 10.1. The minimum Gasteiger partial charge on any atom is -0.392 e. The highest BCUT2D eigenvalue weighted by Gasteiger charge is 2.14. The van der Waals surface area contributed by atoms with Crippen LogP contribution in [0.5, 0.6) is 0 Å². The molecule has 0 aliphatic rings. The van der Waals surface area contributed by atoms with Crippen LogP contribution in [0, 0.1) is 5.82 Å². The number of halogens is 1. The molecule has 0 amide bonds. The number of aromatic nitrogens is 1. The standard InChI is InChI=1S/C22H31FN2O2/c1-3-4-11-22(26)18-24(12-7-14-27-2)17-21-10-6-13-25(21)16-19-8-5-9-20(23)15-19/h3,5-6,8-10,13,15,22,26H,1,4,7,11-12,14,16-18H2,2H3/t22-/m1/s1. The third kappa shape index (κ3) is 7.67. The van der Waals surface area contributed by atoms with Crippen LogP contribution in [0.25, 0.3) is 0 Å². The van der Waals surface area contributed by atoms with Gasteiger partial charge in [-0.25, -0.2) is 4.39 Å². The van der Waals surface area contributed by atoms with E-state index in [4.69, 9.17) is 4.74 Å². The van der Waals surface area contributed by atoms with Gasteiger partial charge in [0.2, 0.25) is 0 Å². The summed E-state index contributed by atoms with van der Waals surface area (Å²) in [7, 11) is 1.70. The van der Waals surface area contributed by atoms with E-state index < -0.39 is 0 Å². The molecule has 0 unspecified atom stereocenters. The van der Waals surface area contributed by atoms with Gasteiger partial charge in [-0.15, -0.1) is 6.58 Å². The van der Waals surface area contributed by atoms with Crippen molar-refractivity contribution in [1.29, 1.82) is 0 Å². The fourth-order valence-corrected chi connectivity index (χ4v) is 3.18. The molecule has 1 aromatic carbocycles. The third-order valence-electron chi connectivity index (χ3n) is 4.55. The van der Waals surface area contributed by atoms with Crippen molar-refractivity contribution in [3.63, 3.8) is 0 Å². The second-order valence-electron chi connectivity index (χ2n) is 6.86. The molecular weight excluding hydrogens is 343 g/mol. The van der Waals surface area contributed by atoms with Crippen molar-refractivity contribution in [2.24, 2.45) is 0 Å². The molecule has 0 saturated heterocycles. The van der Waals surface area contributed by atoms with Crippen LogP contribution in [0.2, 0.25) is 0 Å². The molecule has 0 aliphatic carbocycles. The van der Waals surface area contributed by atoms with Gasteiger partial charge in [-0.2, -0.15) is 0 Å². The van der Waals surface area contributed by atoms with Crippen molar-refractivity contribution in [1.82, 2.24) is 9.47 Å². The summed E-state index contributed by atoms with van der Waals surface area (Å²) in [6.07, 6.45) is 5.91. The highest BCUT2D eigenvalue weighted by atomic mass is 19.1. The van der Waals surface area contributed by atoms with Gasteiger partial charge in [-0.05, 0) is 49.1 Å². The number of benzene rings is 1. The van der Waals surface area contributed by atoms with E-state index in [1.807, 2.05) is 24.4 Å². The zero-order chi connectivity index (χ0) is 19.5. The van der Waals surface area contributed by atoms with Gasteiger partial charge in [0.1, 0.15) is 5.82 Å². The van der Waals surface area contributed by atoms with Gasteiger partial charge in [0.15, 0.2) is 0 Å². The average molecular weight is 375 g/mol. The quantitative estimate of drug-likeness (QED) is 0.428. The topological polar surface area (TPSA) is 37.6 Å². The molecule has 4 nitrogen and oxygen atoms in total. The summed E-state index contributed by atoms with van der Waals surface area (Å²) in [5.74, 6) is -0.215. The predicted molar refractivity (Wildman–Crippen MR) is 107 cm³/mol. The van der Waals surface area contributed by atoms with Gasteiger partial charge >= 0.3 is 0 Å². The smallest absolute Gasteiger partial charge is 0.123 e. The fraction of sp³-hybridized carbons (Fsp3) is 0.455. The monoisotopic (exact) mass is 374 g/mol. The zero-order valence-corrected chi connectivity index (χ0v) is 16.2. The van der Waals surface area contributed by atoms with Gasteiger partial charge in [-0.1, -0.05) is 18.2 Å². The number of aliphatic hydroxyl groups is 1. The Hall–Kier alpha value is -1.95. The van der Waals surface area contributed by atoms with Crippen LogP contribution in [0.4, 0.5) is 4.39 Å². The summed E-state index contributed by atoms with van der Waals surface area (Å²) >= 11 is 0. The lowest BCUT2D eigenvalue weighted by molar-refractivity contribution is 0.0930. The Morgan fingerprint density at radius 1 is 1.33 bits per heavy atom. The lowest BCUT2D eigenvalue weighted by Gasteiger charge is -2.25. The van der Waals surface area contributed by atoms with Gasteiger partial charge in [0.25, 0.3) is 0 Å². The number of aliphatic hydroxyl groups excluding tert-OH is 1. The molecule has 0 spiro atoms. The first-order chi connectivity index (χ1) is 13.1. The maximum absolute atomic E-state index is 13.5. The molecular formula is C22H31FN2O2. The third-order valence-corrected chi connectivity index (χ3v) is 4.55. The molecule has 0 bridgehead atoms. The average Bonchev–Trinajstić information content (AvgIpc) is 3.06. The number of ether oxygens (including phenoxy) is 1. The van der Waals surface area contributed by atoms with Crippen LogP contribution >= 0.6 is 0 Å². The summed E-state index contributed by atoms with van der Waals surface area (Å²) in [5, 5.41) is 10.3. The minimum absolute atomic E-state index is 0.215. The van der Waals surface area contributed by atoms with E-state index in [-0.39, 0.29) is 11.9 Å². The van der Waals surface area contributed by atoms with E-state index >= 15 is 0 Å². The fourth-order valence-electron chi connectivity index (χ4n) is 3.18. The Morgan fingerprint density at radius 3 is 2.93 bits per heavy atom. The van der Waals surface area contributed by atoms with Crippen molar-refractivity contribution >= 4 is 0 Å². The summed E-state index contributed by atoms with van der Waals surface area (Å²) in [6, 6.07) is 10.8. The Kier molecular flexibility index (Phi) is 9.25. The molecule has 1 heterocycles. The lowest BCUT2D eigenvalue weighted by Crippen LogP contribution is -2.34. The highest BCUT2D eigenvalue weighted by molar-refractivity contribution is 5.18. The number of hydrogen-bond donors (Lipinski definition) is 1. The van der Waals surface area contributed by atoms with Crippen LogP contribution in [-0.4, -0.2) is 47.5 Å². The summed E-state index contributed by atoms with van der Waals surface area (Å²) in [6.45, 7) is 7.25. The van der Waals surface area contributed by atoms with Crippen LogP contribution < -0.4 is 0 Å². The van der Waals surface area contributed by atoms with E-state index in [0.29, 0.717) is 26.1 Å². The van der Waals surface area contributed by atoms with E-state index in [0.717, 1.165) is 37.2 Å². The molecule has 0 saturated carbocycles. The van der Waals surface area contributed by atoms with Gasteiger partial charge < -0.3 is 14.4 Å². The molecule has 0 aliphatic heterocycles. The Balaban J connectivity index is 2.02. The second-order valence-corrected chi connectivity index (χ2v) is 6.86. The van der Waals surface area contributed by atoms with Gasteiger partial charge in [-0.3, -0.25) is 4.90 Å². The Labute approximate surface area is 161 Å². The van der Waals surface area contributed by atoms with Crippen molar-refractivity contribution < 1.29 is 14.2 Å². The molecule has 1 atom stereocenters. The normalized spacial score (nSPS) is 12.4. The van der Waals surface area contributed by atoms with Crippen LogP contribution in [0.3, 0.4) is 0 Å². The molecule has 2 rings (SSSR count). The van der Waals surface area contributed by atoms with E-state index in [1.54, 1.807) is 19.2 Å². The first-order valence-corrected chi connectivity index (χ1v) is 9.51. The molecule has 5 heteroatoms. The van der Waals surface area contributed by atoms with Crippen LogP contribution in [-0.2, 0) is 17.8 Å². The molecule has 1 aromatic heterocycles. The van der Waals surface area contributed by atoms with E-state index in [2.05, 4.69) is 22.1 Å². The molecule has 27 heavy (non-hydrogen) atoms. The zero-order valence-electron chi connectivity index (χ0n) is 16.2.